The van der Waals surface area contributed by atoms with Gasteiger partial charge in [-0.3, -0.25) is 14.6 Å². The minimum atomic E-state index is -0.912. The first kappa shape index (κ1) is 18.5. The summed E-state index contributed by atoms with van der Waals surface area (Å²) in [6.45, 7) is 1.70. The molecule has 2 saturated heterocycles. The number of piperidine rings is 1. The molecule has 3 heterocycles. The fraction of sp³-hybridized carbons (Fsp3) is 0.381. The van der Waals surface area contributed by atoms with E-state index >= 15 is 0 Å². The molecule has 1 unspecified atom stereocenters. The molecule has 1 aromatic carbocycles. The number of likely N-dealkylation sites (tertiary alicyclic amines) is 2. The van der Waals surface area contributed by atoms with Crippen LogP contribution in [0.2, 0.25) is 0 Å². The third kappa shape index (κ3) is 3.37. The third-order valence-corrected chi connectivity index (χ3v) is 5.71. The first-order chi connectivity index (χ1) is 13.5. The lowest BCUT2D eigenvalue weighted by atomic mass is 9.78. The Balaban J connectivity index is 1.48. The Labute approximate surface area is 162 Å². The number of halogens is 2. The first-order valence-electron chi connectivity index (χ1n) is 9.42. The van der Waals surface area contributed by atoms with E-state index in [2.05, 4.69) is 4.98 Å². The zero-order valence-electron chi connectivity index (χ0n) is 15.4. The molecule has 2 aliphatic heterocycles. The molecule has 1 aromatic heterocycles. The lowest BCUT2D eigenvalue weighted by Gasteiger charge is -2.39. The van der Waals surface area contributed by atoms with Crippen LogP contribution in [0.5, 0.6) is 0 Å². The van der Waals surface area contributed by atoms with Crippen molar-refractivity contribution >= 4 is 11.8 Å². The molecule has 0 bridgehead atoms. The van der Waals surface area contributed by atoms with Crippen molar-refractivity contribution < 1.29 is 18.4 Å². The van der Waals surface area contributed by atoms with Crippen molar-refractivity contribution in [1.82, 2.24) is 14.8 Å². The molecule has 2 fully saturated rings. The maximum atomic E-state index is 13.5. The van der Waals surface area contributed by atoms with Gasteiger partial charge in [-0.1, -0.05) is 12.1 Å². The summed E-state index contributed by atoms with van der Waals surface area (Å²) in [4.78, 5) is 33.4. The number of rotatable bonds is 3. The fourth-order valence-electron chi connectivity index (χ4n) is 4.24. The van der Waals surface area contributed by atoms with Crippen LogP contribution < -0.4 is 0 Å². The number of hydrogen-bond donors (Lipinski definition) is 0. The van der Waals surface area contributed by atoms with E-state index < -0.39 is 17.0 Å². The monoisotopic (exact) mass is 385 g/mol. The standard InChI is InChI=1S/C21H21F2N3O2/c22-16-6-5-15(12-17(16)23)13-25-10-3-7-21(20(25)28)8-11-26(14-21)19(27)18-4-1-2-9-24-18/h1-2,4-6,9,12H,3,7-8,10-11,13-14H2. The number of benzene rings is 1. The molecule has 1 atom stereocenters. The summed E-state index contributed by atoms with van der Waals surface area (Å²) >= 11 is 0. The molecule has 28 heavy (non-hydrogen) atoms. The van der Waals surface area contributed by atoms with Crippen molar-refractivity contribution in [2.75, 3.05) is 19.6 Å². The lowest BCUT2D eigenvalue weighted by molar-refractivity contribution is -0.146. The average Bonchev–Trinajstić information content (AvgIpc) is 3.13. The van der Waals surface area contributed by atoms with Crippen LogP contribution in [0.3, 0.4) is 0 Å². The average molecular weight is 385 g/mol. The Morgan fingerprint density at radius 1 is 1.11 bits per heavy atom. The minimum absolute atomic E-state index is 0.0141. The first-order valence-corrected chi connectivity index (χ1v) is 9.42. The molecule has 2 aliphatic rings. The molecule has 2 amide bonds. The van der Waals surface area contributed by atoms with Crippen LogP contribution in [0.15, 0.2) is 42.6 Å². The number of aromatic nitrogens is 1. The molecule has 0 N–H and O–H groups in total. The van der Waals surface area contributed by atoms with E-state index in [4.69, 9.17) is 0 Å². The molecular formula is C21H21F2N3O2. The van der Waals surface area contributed by atoms with E-state index in [1.54, 1.807) is 34.2 Å². The Bertz CT molecular complexity index is 906. The van der Waals surface area contributed by atoms with Crippen molar-refractivity contribution in [2.45, 2.75) is 25.8 Å². The number of carbonyl (C=O) groups is 2. The van der Waals surface area contributed by atoms with Gasteiger partial charge < -0.3 is 9.80 Å². The van der Waals surface area contributed by atoms with Gasteiger partial charge in [0.1, 0.15) is 5.69 Å². The number of carbonyl (C=O) groups excluding carboxylic acids is 2. The summed E-state index contributed by atoms with van der Waals surface area (Å²) in [5.41, 5.74) is 0.339. The lowest BCUT2D eigenvalue weighted by Crippen LogP contribution is -2.50. The second-order valence-corrected chi connectivity index (χ2v) is 7.55. The highest BCUT2D eigenvalue weighted by Crippen LogP contribution is 2.40. The van der Waals surface area contributed by atoms with Gasteiger partial charge >= 0.3 is 0 Å². The van der Waals surface area contributed by atoms with Gasteiger partial charge in [-0.05, 0) is 49.1 Å². The smallest absolute Gasteiger partial charge is 0.272 e. The Hall–Kier alpha value is -2.83. The maximum Gasteiger partial charge on any atom is 0.272 e. The van der Waals surface area contributed by atoms with Crippen molar-refractivity contribution in [3.05, 3.63) is 65.5 Å². The summed E-state index contributed by atoms with van der Waals surface area (Å²) in [5.74, 6) is -1.99. The normalized spacial score (nSPS) is 22.1. The van der Waals surface area contributed by atoms with E-state index in [0.717, 1.165) is 25.0 Å². The van der Waals surface area contributed by atoms with Gasteiger partial charge in [0.15, 0.2) is 11.6 Å². The van der Waals surface area contributed by atoms with Gasteiger partial charge in [-0.2, -0.15) is 0 Å². The zero-order valence-corrected chi connectivity index (χ0v) is 15.4. The highest BCUT2D eigenvalue weighted by molar-refractivity contribution is 5.93. The number of amides is 2. The topological polar surface area (TPSA) is 53.5 Å². The van der Waals surface area contributed by atoms with Crippen LogP contribution in [0.25, 0.3) is 0 Å². The quantitative estimate of drug-likeness (QED) is 0.816. The molecule has 5 nitrogen and oxygen atoms in total. The second kappa shape index (κ2) is 7.30. The SMILES string of the molecule is O=C(c1ccccn1)N1CCC2(CCCN(Cc3ccc(F)c(F)c3)C2=O)C1. The maximum absolute atomic E-state index is 13.5. The number of pyridine rings is 1. The second-order valence-electron chi connectivity index (χ2n) is 7.55. The highest BCUT2D eigenvalue weighted by Gasteiger charge is 2.49. The molecule has 7 heteroatoms. The van der Waals surface area contributed by atoms with E-state index in [1.165, 1.54) is 6.07 Å². The zero-order chi connectivity index (χ0) is 19.7. The largest absolute Gasteiger partial charge is 0.338 e. The van der Waals surface area contributed by atoms with Crippen molar-refractivity contribution in [2.24, 2.45) is 5.41 Å². The van der Waals surface area contributed by atoms with E-state index in [9.17, 15) is 18.4 Å². The Morgan fingerprint density at radius 2 is 1.96 bits per heavy atom. The van der Waals surface area contributed by atoms with Crippen molar-refractivity contribution in [3.63, 3.8) is 0 Å². The van der Waals surface area contributed by atoms with E-state index in [0.29, 0.717) is 37.3 Å². The van der Waals surface area contributed by atoms with Crippen LogP contribution in [-0.2, 0) is 11.3 Å². The van der Waals surface area contributed by atoms with Gasteiger partial charge in [0.2, 0.25) is 5.91 Å². The van der Waals surface area contributed by atoms with Crippen LogP contribution in [0.1, 0.15) is 35.3 Å². The molecule has 4 rings (SSSR count). The number of hydrogen-bond acceptors (Lipinski definition) is 3. The molecule has 1 spiro atoms. The molecule has 2 aromatic rings. The van der Waals surface area contributed by atoms with Crippen LogP contribution in [0.4, 0.5) is 8.78 Å². The van der Waals surface area contributed by atoms with Crippen molar-refractivity contribution in [3.8, 4) is 0 Å². The predicted octanol–water partition coefficient (Wildman–Crippen LogP) is 3.01. The predicted molar refractivity (Wildman–Crippen MR) is 98.2 cm³/mol. The molecule has 0 saturated carbocycles. The van der Waals surface area contributed by atoms with Crippen LogP contribution >= 0.6 is 0 Å². The van der Waals surface area contributed by atoms with Gasteiger partial charge in [0, 0.05) is 32.4 Å². The molecule has 0 aliphatic carbocycles. The molecule has 0 radical (unpaired) electrons. The summed E-state index contributed by atoms with van der Waals surface area (Å²) in [5, 5.41) is 0. The fourth-order valence-corrected chi connectivity index (χ4v) is 4.24. The van der Waals surface area contributed by atoms with E-state index in [-0.39, 0.29) is 18.4 Å². The van der Waals surface area contributed by atoms with Gasteiger partial charge in [-0.15, -0.1) is 0 Å². The summed E-state index contributed by atoms with van der Waals surface area (Å²) in [6, 6.07) is 8.90. The highest BCUT2D eigenvalue weighted by atomic mass is 19.2. The van der Waals surface area contributed by atoms with Gasteiger partial charge in [0.25, 0.3) is 5.91 Å². The Kier molecular flexibility index (Phi) is 4.83. The minimum Gasteiger partial charge on any atom is -0.338 e. The Morgan fingerprint density at radius 3 is 2.71 bits per heavy atom. The number of nitrogens with zero attached hydrogens (tertiary/aromatic N) is 3. The molecular weight excluding hydrogens is 364 g/mol. The summed E-state index contributed by atoms with van der Waals surface area (Å²) in [7, 11) is 0. The van der Waals surface area contributed by atoms with Crippen LogP contribution in [0, 0.1) is 17.0 Å². The summed E-state index contributed by atoms with van der Waals surface area (Å²) in [6.07, 6.45) is 3.74. The van der Waals surface area contributed by atoms with Crippen molar-refractivity contribution in [1.29, 1.82) is 0 Å². The van der Waals surface area contributed by atoms with Gasteiger partial charge in [-0.25, -0.2) is 8.78 Å². The summed E-state index contributed by atoms with van der Waals surface area (Å²) < 4.78 is 26.7. The molecule has 146 valence electrons. The third-order valence-electron chi connectivity index (χ3n) is 5.71. The van der Waals surface area contributed by atoms with Crippen LogP contribution in [-0.4, -0.2) is 46.2 Å². The van der Waals surface area contributed by atoms with E-state index in [1.807, 2.05) is 0 Å². The van der Waals surface area contributed by atoms with Gasteiger partial charge in [0.05, 0.1) is 5.41 Å².